The Morgan fingerprint density at radius 3 is 0.941 bits per heavy atom. The average molecular weight is 448 g/mol. The lowest BCUT2D eigenvalue weighted by Gasteiger charge is -2.26. The largest absolute Gasteiger partial charge is 0.872 e. The van der Waals surface area contributed by atoms with Gasteiger partial charge in [0.1, 0.15) is 0 Å². The summed E-state index contributed by atoms with van der Waals surface area (Å²) in [7, 11) is 0. The van der Waals surface area contributed by atoms with Gasteiger partial charge in [-0.15, -0.1) is 0 Å². The fourth-order valence-corrected chi connectivity index (χ4v) is 5.99. The first-order valence-corrected chi connectivity index (χ1v) is 12.1. The highest BCUT2D eigenvalue weighted by molar-refractivity contribution is 5.91. The summed E-state index contributed by atoms with van der Waals surface area (Å²) in [4.78, 5) is 0. The number of hydrogen-bond donors (Lipinski definition) is 0. The molecule has 0 aliphatic rings. The zero-order chi connectivity index (χ0) is 24.9. The summed E-state index contributed by atoms with van der Waals surface area (Å²) < 4.78 is 0. The minimum Gasteiger partial charge on any atom is -0.872 e. The van der Waals surface area contributed by atoms with Crippen LogP contribution in [0.15, 0.2) is 48.5 Å². The van der Waals surface area contributed by atoms with Gasteiger partial charge in [-0.3, -0.25) is 0 Å². The van der Waals surface area contributed by atoms with E-state index in [-0.39, 0.29) is 5.75 Å². The van der Waals surface area contributed by atoms with E-state index in [0.29, 0.717) is 0 Å². The Kier molecular flexibility index (Phi) is 6.16. The monoisotopic (exact) mass is 447 g/mol. The van der Waals surface area contributed by atoms with Gasteiger partial charge >= 0.3 is 0 Å². The summed E-state index contributed by atoms with van der Waals surface area (Å²) in [6.45, 7) is 19.2. The molecule has 0 saturated heterocycles. The van der Waals surface area contributed by atoms with Crippen LogP contribution in [-0.2, 0) is 0 Å². The molecule has 0 aromatic heterocycles. The van der Waals surface area contributed by atoms with Gasteiger partial charge in [0.05, 0.1) is 0 Å². The van der Waals surface area contributed by atoms with E-state index in [0.717, 1.165) is 50.1 Å². The minimum atomic E-state index is 0.108. The third-order valence-electron chi connectivity index (χ3n) is 6.95. The average Bonchev–Trinajstić information content (AvgIpc) is 2.68. The summed E-state index contributed by atoms with van der Waals surface area (Å²) >= 11 is 0. The Bertz CT molecular complexity index is 1290. The van der Waals surface area contributed by atoms with E-state index in [1.807, 2.05) is 0 Å². The Hall–Kier alpha value is -3.32. The first kappa shape index (κ1) is 23.8. The quantitative estimate of drug-likeness (QED) is 0.308. The second-order valence-electron chi connectivity index (χ2n) is 10.2. The molecule has 0 fully saturated rings. The standard InChI is InChI=1S/C33H36O/c1-18-10-21(4)30(22(5)11-18)27-16-28(31-23(6)12-19(2)13-24(31)7)33(34)29(17-27)32-25(8)14-20(3)15-26(32)9/h10-17,34H,1-9H3/p-1. The predicted octanol–water partition coefficient (Wildman–Crippen LogP) is 8.54. The Labute approximate surface area is 205 Å². The van der Waals surface area contributed by atoms with Gasteiger partial charge in [-0.1, -0.05) is 58.8 Å². The highest BCUT2D eigenvalue weighted by Gasteiger charge is 2.17. The molecule has 4 aromatic carbocycles. The molecule has 0 spiro atoms. The van der Waals surface area contributed by atoms with Crippen LogP contribution in [0.1, 0.15) is 50.1 Å². The summed E-state index contributed by atoms with van der Waals surface area (Å²) in [5.74, 6) is 0.108. The topological polar surface area (TPSA) is 23.1 Å². The molecular formula is C33H35O-. The maximum Gasteiger partial charge on any atom is -0.0125 e. The maximum absolute atomic E-state index is 14.2. The first-order valence-electron chi connectivity index (χ1n) is 12.1. The normalized spacial score (nSPS) is 11.2. The van der Waals surface area contributed by atoms with Crippen molar-refractivity contribution in [1.29, 1.82) is 0 Å². The van der Waals surface area contributed by atoms with Gasteiger partial charge in [0.25, 0.3) is 0 Å². The van der Waals surface area contributed by atoms with Crippen molar-refractivity contribution in [2.75, 3.05) is 0 Å². The van der Waals surface area contributed by atoms with Crippen molar-refractivity contribution >= 4 is 0 Å². The number of rotatable bonds is 3. The third kappa shape index (κ3) is 4.16. The van der Waals surface area contributed by atoms with E-state index in [1.54, 1.807) is 0 Å². The fraction of sp³-hybridized carbons (Fsp3) is 0.273. The Morgan fingerprint density at radius 2 is 0.647 bits per heavy atom. The summed E-state index contributed by atoms with van der Waals surface area (Å²) in [6, 6.07) is 17.4. The van der Waals surface area contributed by atoms with Crippen molar-refractivity contribution < 1.29 is 5.11 Å². The number of benzene rings is 4. The molecule has 0 saturated carbocycles. The molecule has 0 bridgehead atoms. The highest BCUT2D eigenvalue weighted by Crippen LogP contribution is 2.45. The van der Waals surface area contributed by atoms with Gasteiger partial charge in [-0.2, -0.15) is 0 Å². The van der Waals surface area contributed by atoms with Crippen LogP contribution in [-0.4, -0.2) is 0 Å². The lowest BCUT2D eigenvalue weighted by Crippen LogP contribution is -2.03. The fourth-order valence-electron chi connectivity index (χ4n) is 5.99. The number of hydrogen-bond acceptors (Lipinski definition) is 1. The molecule has 1 heteroatoms. The van der Waals surface area contributed by atoms with Crippen LogP contribution < -0.4 is 5.11 Å². The van der Waals surface area contributed by atoms with E-state index < -0.39 is 0 Å². The lowest BCUT2D eigenvalue weighted by atomic mass is 9.84. The van der Waals surface area contributed by atoms with Crippen LogP contribution >= 0.6 is 0 Å². The summed E-state index contributed by atoms with van der Waals surface area (Å²) in [5, 5.41) is 14.2. The van der Waals surface area contributed by atoms with Crippen molar-refractivity contribution in [3.8, 4) is 39.1 Å². The predicted molar refractivity (Wildman–Crippen MR) is 145 cm³/mol. The zero-order valence-corrected chi connectivity index (χ0v) is 22.0. The van der Waals surface area contributed by atoms with E-state index in [1.165, 1.54) is 33.4 Å². The molecule has 1 nitrogen and oxygen atoms in total. The second-order valence-corrected chi connectivity index (χ2v) is 10.2. The molecule has 0 radical (unpaired) electrons. The summed E-state index contributed by atoms with van der Waals surface area (Å²) in [6.07, 6.45) is 0. The molecule has 0 atom stereocenters. The SMILES string of the molecule is Cc1cc(C)c(-c2cc(-c3c(C)cc(C)cc3C)c([O-])c(-c3c(C)cc(C)cc3C)c2)c(C)c1. The van der Waals surface area contributed by atoms with Gasteiger partial charge in [0.2, 0.25) is 0 Å². The van der Waals surface area contributed by atoms with Crippen LogP contribution in [0.2, 0.25) is 0 Å². The van der Waals surface area contributed by atoms with E-state index in [2.05, 4.69) is 111 Å². The maximum atomic E-state index is 14.2. The second kappa shape index (κ2) is 8.80. The molecule has 0 amide bonds. The van der Waals surface area contributed by atoms with Crippen molar-refractivity contribution in [2.24, 2.45) is 0 Å². The molecule has 0 aliphatic carbocycles. The van der Waals surface area contributed by atoms with Crippen LogP contribution in [0.4, 0.5) is 0 Å². The molecular weight excluding hydrogens is 412 g/mol. The van der Waals surface area contributed by atoms with E-state index in [4.69, 9.17) is 0 Å². The first-order chi connectivity index (χ1) is 16.0. The Morgan fingerprint density at radius 1 is 0.382 bits per heavy atom. The van der Waals surface area contributed by atoms with Crippen molar-refractivity contribution in [3.05, 3.63) is 98.6 Å². The molecule has 4 rings (SSSR count). The van der Waals surface area contributed by atoms with Crippen molar-refractivity contribution in [1.82, 2.24) is 0 Å². The van der Waals surface area contributed by atoms with Crippen LogP contribution in [0.3, 0.4) is 0 Å². The Balaban J connectivity index is 2.15. The van der Waals surface area contributed by atoms with Gasteiger partial charge in [0, 0.05) is 0 Å². The lowest BCUT2D eigenvalue weighted by molar-refractivity contribution is -0.266. The molecule has 0 unspecified atom stereocenters. The van der Waals surface area contributed by atoms with Gasteiger partial charge in [-0.05, 0) is 141 Å². The smallest absolute Gasteiger partial charge is 0.0125 e. The van der Waals surface area contributed by atoms with Gasteiger partial charge < -0.3 is 5.11 Å². The summed E-state index contributed by atoms with van der Waals surface area (Å²) in [5.41, 5.74) is 16.8. The van der Waals surface area contributed by atoms with Crippen molar-refractivity contribution in [3.63, 3.8) is 0 Å². The highest BCUT2D eigenvalue weighted by atomic mass is 16.3. The molecule has 0 aliphatic heterocycles. The molecule has 34 heavy (non-hydrogen) atoms. The van der Waals surface area contributed by atoms with Gasteiger partial charge in [-0.25, -0.2) is 0 Å². The van der Waals surface area contributed by atoms with Crippen molar-refractivity contribution in [2.45, 2.75) is 62.3 Å². The zero-order valence-electron chi connectivity index (χ0n) is 22.0. The molecule has 4 aromatic rings. The van der Waals surface area contributed by atoms with Gasteiger partial charge in [0.15, 0.2) is 0 Å². The molecule has 0 heterocycles. The van der Waals surface area contributed by atoms with Crippen LogP contribution in [0, 0.1) is 62.3 Å². The third-order valence-corrected chi connectivity index (χ3v) is 6.95. The van der Waals surface area contributed by atoms with E-state index in [9.17, 15) is 5.11 Å². The minimum absolute atomic E-state index is 0.108. The van der Waals surface area contributed by atoms with E-state index >= 15 is 0 Å². The number of aryl methyl sites for hydroxylation is 9. The molecule has 174 valence electrons. The molecule has 0 N–H and O–H groups in total. The van der Waals surface area contributed by atoms with Crippen LogP contribution in [0.5, 0.6) is 5.75 Å². The van der Waals surface area contributed by atoms with Crippen LogP contribution in [0.25, 0.3) is 33.4 Å².